The summed E-state index contributed by atoms with van der Waals surface area (Å²) in [7, 11) is 0. The van der Waals surface area contributed by atoms with Gasteiger partial charge in [0.05, 0.1) is 23.0 Å². The summed E-state index contributed by atoms with van der Waals surface area (Å²) in [5.41, 5.74) is 1.49. The van der Waals surface area contributed by atoms with Crippen LogP contribution in [-0.4, -0.2) is 22.3 Å². The minimum atomic E-state index is -4.81. The van der Waals surface area contributed by atoms with Crippen molar-refractivity contribution in [2.45, 2.75) is 31.0 Å². The van der Waals surface area contributed by atoms with Crippen LogP contribution < -0.4 is 16.4 Å². The summed E-state index contributed by atoms with van der Waals surface area (Å²) < 4.78 is 53.3. The summed E-state index contributed by atoms with van der Waals surface area (Å²) in [6.45, 7) is 0. The standard InChI is InChI=1S/C19H15F4N5O2/c20-14-7-10(2-3-12(14)16(25)29)28-18(4-1-5-18)17(30)27-11-6-13(19(21,22)23)15(8-24)26-9-11/h2-3,6-7,9,28H,1,4-5H2,(H2,25,29)(H,27,30). The number of nitrogens with zero attached hydrogens (tertiary/aromatic N) is 2. The molecule has 156 valence electrons. The Balaban J connectivity index is 1.83. The summed E-state index contributed by atoms with van der Waals surface area (Å²) in [6.07, 6.45) is -2.48. The zero-order valence-corrected chi connectivity index (χ0v) is 15.3. The van der Waals surface area contributed by atoms with Crippen molar-refractivity contribution < 1.29 is 27.2 Å². The lowest BCUT2D eigenvalue weighted by Gasteiger charge is -2.41. The number of benzene rings is 1. The second kappa shape index (κ2) is 7.62. The van der Waals surface area contributed by atoms with E-state index in [0.717, 1.165) is 12.3 Å². The van der Waals surface area contributed by atoms with Crippen molar-refractivity contribution in [2.75, 3.05) is 10.6 Å². The van der Waals surface area contributed by atoms with E-state index in [4.69, 9.17) is 11.0 Å². The largest absolute Gasteiger partial charge is 0.419 e. The number of anilines is 2. The number of alkyl halides is 3. The predicted octanol–water partition coefficient (Wildman–Crippen LogP) is 3.18. The van der Waals surface area contributed by atoms with E-state index in [9.17, 15) is 27.2 Å². The molecule has 1 saturated carbocycles. The van der Waals surface area contributed by atoms with Crippen molar-refractivity contribution in [2.24, 2.45) is 5.73 Å². The van der Waals surface area contributed by atoms with Crippen molar-refractivity contribution in [1.82, 2.24) is 4.98 Å². The molecule has 2 aromatic rings. The highest BCUT2D eigenvalue weighted by molar-refractivity contribution is 6.01. The molecule has 0 bridgehead atoms. The number of halogens is 4. The van der Waals surface area contributed by atoms with E-state index in [1.807, 2.05) is 0 Å². The molecule has 0 aliphatic heterocycles. The number of pyridine rings is 1. The van der Waals surface area contributed by atoms with E-state index in [0.29, 0.717) is 25.3 Å². The van der Waals surface area contributed by atoms with E-state index in [2.05, 4.69) is 15.6 Å². The summed E-state index contributed by atoms with van der Waals surface area (Å²) in [5, 5.41) is 14.1. The first-order valence-electron chi connectivity index (χ1n) is 8.72. The first-order chi connectivity index (χ1) is 14.1. The number of aromatic nitrogens is 1. The maximum atomic E-state index is 14.0. The van der Waals surface area contributed by atoms with Gasteiger partial charge in [-0.25, -0.2) is 9.37 Å². The van der Waals surface area contributed by atoms with Crippen LogP contribution in [0.2, 0.25) is 0 Å². The summed E-state index contributed by atoms with van der Waals surface area (Å²) in [5.74, 6) is -2.44. The first-order valence-corrected chi connectivity index (χ1v) is 8.72. The summed E-state index contributed by atoms with van der Waals surface area (Å²) in [4.78, 5) is 27.4. The molecule has 0 spiro atoms. The van der Waals surface area contributed by atoms with Gasteiger partial charge < -0.3 is 16.4 Å². The lowest BCUT2D eigenvalue weighted by molar-refractivity contribution is -0.138. The van der Waals surface area contributed by atoms with Crippen LogP contribution in [0.25, 0.3) is 0 Å². The summed E-state index contributed by atoms with van der Waals surface area (Å²) in [6, 6.07) is 5.56. The zero-order chi connectivity index (χ0) is 22.1. The van der Waals surface area contributed by atoms with Gasteiger partial charge in [-0.1, -0.05) is 0 Å². The average Bonchev–Trinajstić information content (AvgIpc) is 2.63. The molecular weight excluding hydrogens is 406 g/mol. The number of rotatable bonds is 5. The molecule has 4 N–H and O–H groups in total. The minimum absolute atomic E-state index is 0.210. The van der Waals surface area contributed by atoms with Gasteiger partial charge in [0.15, 0.2) is 5.69 Å². The Hall–Kier alpha value is -3.68. The molecule has 1 aliphatic carbocycles. The fourth-order valence-electron chi connectivity index (χ4n) is 3.10. The van der Waals surface area contributed by atoms with Gasteiger partial charge in [-0.3, -0.25) is 9.59 Å². The molecule has 1 aliphatic rings. The fourth-order valence-corrected chi connectivity index (χ4v) is 3.10. The van der Waals surface area contributed by atoms with Crippen molar-refractivity contribution in [3.63, 3.8) is 0 Å². The maximum absolute atomic E-state index is 14.0. The lowest BCUT2D eigenvalue weighted by Crippen LogP contribution is -2.54. The van der Waals surface area contributed by atoms with Crippen LogP contribution in [0.4, 0.5) is 28.9 Å². The molecule has 1 heterocycles. The Morgan fingerprint density at radius 3 is 2.40 bits per heavy atom. The van der Waals surface area contributed by atoms with Crippen molar-refractivity contribution >= 4 is 23.2 Å². The van der Waals surface area contributed by atoms with Gasteiger partial charge in [0.25, 0.3) is 5.91 Å². The molecule has 7 nitrogen and oxygen atoms in total. The predicted molar refractivity (Wildman–Crippen MR) is 97.7 cm³/mol. The highest BCUT2D eigenvalue weighted by Gasteiger charge is 2.44. The normalized spacial score (nSPS) is 14.9. The third-order valence-corrected chi connectivity index (χ3v) is 4.82. The maximum Gasteiger partial charge on any atom is 0.419 e. The van der Waals surface area contributed by atoms with Crippen LogP contribution >= 0.6 is 0 Å². The highest BCUT2D eigenvalue weighted by atomic mass is 19.4. The molecule has 1 aromatic carbocycles. The van der Waals surface area contributed by atoms with E-state index in [-0.39, 0.29) is 16.9 Å². The van der Waals surface area contributed by atoms with Gasteiger partial charge in [-0.05, 0) is 43.5 Å². The number of primary amides is 1. The molecule has 3 rings (SSSR count). The molecule has 11 heteroatoms. The molecule has 1 fully saturated rings. The second-order valence-corrected chi connectivity index (χ2v) is 6.80. The smallest absolute Gasteiger partial charge is 0.371 e. The van der Waals surface area contributed by atoms with Crippen molar-refractivity contribution in [3.05, 3.63) is 53.1 Å². The number of carbonyl (C=O) groups is 2. The molecular formula is C19H15F4N5O2. The van der Waals surface area contributed by atoms with E-state index in [1.54, 1.807) is 0 Å². The van der Waals surface area contributed by atoms with Crippen LogP contribution in [0.3, 0.4) is 0 Å². The number of amides is 2. The zero-order valence-electron chi connectivity index (χ0n) is 15.3. The third kappa shape index (κ3) is 4.03. The number of nitriles is 1. The Labute approximate surface area is 167 Å². The Bertz CT molecular complexity index is 1060. The highest BCUT2D eigenvalue weighted by Crippen LogP contribution is 2.37. The van der Waals surface area contributed by atoms with E-state index >= 15 is 0 Å². The molecule has 0 saturated heterocycles. The van der Waals surface area contributed by atoms with Crippen LogP contribution in [0.1, 0.15) is 40.9 Å². The molecule has 0 unspecified atom stereocenters. The van der Waals surface area contributed by atoms with Gasteiger partial charge in [-0.15, -0.1) is 0 Å². The average molecular weight is 421 g/mol. The summed E-state index contributed by atoms with van der Waals surface area (Å²) >= 11 is 0. The molecule has 30 heavy (non-hydrogen) atoms. The second-order valence-electron chi connectivity index (χ2n) is 6.80. The van der Waals surface area contributed by atoms with Crippen LogP contribution in [0.5, 0.6) is 0 Å². The lowest BCUT2D eigenvalue weighted by atomic mass is 9.75. The van der Waals surface area contributed by atoms with Crippen LogP contribution in [0.15, 0.2) is 30.5 Å². The van der Waals surface area contributed by atoms with Crippen molar-refractivity contribution in [3.8, 4) is 6.07 Å². The first kappa shape index (κ1) is 21.0. The Morgan fingerprint density at radius 2 is 1.90 bits per heavy atom. The van der Waals surface area contributed by atoms with Crippen LogP contribution in [-0.2, 0) is 11.0 Å². The molecule has 0 atom stereocenters. The van der Waals surface area contributed by atoms with E-state index < -0.39 is 40.6 Å². The van der Waals surface area contributed by atoms with Crippen molar-refractivity contribution in [1.29, 1.82) is 5.26 Å². The van der Waals surface area contributed by atoms with Crippen LogP contribution in [0, 0.1) is 17.1 Å². The van der Waals surface area contributed by atoms with E-state index in [1.165, 1.54) is 18.2 Å². The number of nitrogens with two attached hydrogens (primary N) is 1. The monoisotopic (exact) mass is 421 g/mol. The van der Waals surface area contributed by atoms with Gasteiger partial charge >= 0.3 is 6.18 Å². The number of hydrogen-bond donors (Lipinski definition) is 3. The SMILES string of the molecule is N#Cc1ncc(NC(=O)C2(Nc3ccc(C(N)=O)c(F)c3)CCC2)cc1C(F)(F)F. The molecule has 2 amide bonds. The number of nitrogens with one attached hydrogen (secondary N) is 2. The third-order valence-electron chi connectivity index (χ3n) is 4.82. The van der Waals surface area contributed by atoms with Gasteiger partial charge in [-0.2, -0.15) is 18.4 Å². The fraction of sp³-hybridized carbons (Fsp3) is 0.263. The minimum Gasteiger partial charge on any atom is -0.371 e. The Morgan fingerprint density at radius 1 is 1.20 bits per heavy atom. The van der Waals surface area contributed by atoms with Gasteiger partial charge in [0.2, 0.25) is 5.91 Å². The molecule has 1 aromatic heterocycles. The Kier molecular flexibility index (Phi) is 5.35. The molecule has 0 radical (unpaired) electrons. The van der Waals surface area contributed by atoms with Gasteiger partial charge in [0.1, 0.15) is 17.4 Å². The topological polar surface area (TPSA) is 121 Å². The quantitative estimate of drug-likeness (QED) is 0.641. The number of carbonyl (C=O) groups excluding carboxylic acids is 2. The van der Waals surface area contributed by atoms with Gasteiger partial charge in [0, 0.05) is 5.69 Å². The number of hydrogen-bond acceptors (Lipinski definition) is 5.